The summed E-state index contributed by atoms with van der Waals surface area (Å²) in [7, 11) is 1.54. The molecule has 4 N–H and O–H groups in total. The van der Waals surface area contributed by atoms with E-state index in [1.165, 1.54) is 12.7 Å². The number of fused-ring (bicyclic) bond motifs is 9. The molecule has 7 nitrogen and oxygen atoms in total. The highest BCUT2D eigenvalue weighted by atomic mass is 16.6. The zero-order valence-electron chi connectivity index (χ0n) is 30.2. The zero-order chi connectivity index (χ0) is 34.1. The van der Waals surface area contributed by atoms with E-state index in [0.29, 0.717) is 17.6 Å². The van der Waals surface area contributed by atoms with E-state index >= 15 is 0 Å². The summed E-state index contributed by atoms with van der Waals surface area (Å²) in [6.07, 6.45) is 4.05. The maximum absolute atomic E-state index is 12.7. The Bertz CT molecular complexity index is 1440. The normalized spacial score (nSPS) is 50.2. The molecule has 6 aliphatic rings. The maximum Gasteiger partial charge on any atom is 0.160 e. The molecule has 5 fully saturated rings. The van der Waals surface area contributed by atoms with Crippen molar-refractivity contribution in [1.82, 2.24) is 0 Å². The first kappa shape index (κ1) is 33.7. The average molecular weight is 653 g/mol. The quantitative estimate of drug-likeness (QED) is 0.274. The first-order valence-electron chi connectivity index (χ1n) is 18.4. The zero-order valence-corrected chi connectivity index (χ0v) is 30.2. The van der Waals surface area contributed by atoms with Crippen LogP contribution in [0.4, 0.5) is 0 Å². The van der Waals surface area contributed by atoms with Gasteiger partial charge in [-0.3, -0.25) is 0 Å². The predicted molar refractivity (Wildman–Crippen MR) is 181 cm³/mol. The summed E-state index contributed by atoms with van der Waals surface area (Å²) < 4.78 is 20.1. The van der Waals surface area contributed by atoms with Crippen LogP contribution in [0.3, 0.4) is 0 Å². The lowest BCUT2D eigenvalue weighted by molar-refractivity contribution is -0.286. The van der Waals surface area contributed by atoms with Crippen molar-refractivity contribution in [1.29, 1.82) is 0 Å². The monoisotopic (exact) mass is 652 g/mol. The van der Waals surface area contributed by atoms with Gasteiger partial charge in [-0.2, -0.15) is 0 Å². The fraction of sp³-hybridized carbons (Fsp3) is 0.800. The largest absolute Gasteiger partial charge is 0.504 e. The summed E-state index contributed by atoms with van der Waals surface area (Å²) in [4.78, 5) is 0. The predicted octanol–water partition coefficient (Wildman–Crippen LogP) is 7.17. The topological polar surface area (TPSA) is 109 Å². The van der Waals surface area contributed by atoms with Crippen LogP contribution in [0, 0.1) is 56.7 Å². The Morgan fingerprint density at radius 2 is 1.64 bits per heavy atom. The molecule has 0 amide bonds. The summed E-state index contributed by atoms with van der Waals surface area (Å²) in [5, 5.41) is 45.3. The van der Waals surface area contributed by atoms with Gasteiger partial charge in [0.1, 0.15) is 18.0 Å². The van der Waals surface area contributed by atoms with Gasteiger partial charge in [-0.1, -0.05) is 61.5 Å². The van der Waals surface area contributed by atoms with Crippen molar-refractivity contribution in [2.45, 2.75) is 131 Å². The van der Waals surface area contributed by atoms with Gasteiger partial charge in [-0.15, -0.1) is 0 Å². The standard InChI is InChI=1S/C40H60O7/c1-21-12-15-37(5)19-29(44)40(8)31(30(37)22(21)2)33-34(46-26(20-41)32(47-33)23-10-11-24(42)25(18-23)45-9)35-38(6)16-14-28(43)36(3,4)27(38)13-17-39(35,40)7/h10-11,18,21-22,26-30,32,34-35,41-44H,12-17,19-20H2,1-9H3. The fourth-order valence-corrected chi connectivity index (χ4v) is 13.1. The molecule has 0 radical (unpaired) electrons. The fourth-order valence-electron chi connectivity index (χ4n) is 13.1. The lowest BCUT2D eigenvalue weighted by atomic mass is 9.32. The van der Waals surface area contributed by atoms with E-state index in [2.05, 4.69) is 55.4 Å². The number of hydrogen-bond donors (Lipinski definition) is 4. The molecule has 0 bridgehead atoms. The van der Waals surface area contributed by atoms with Crippen LogP contribution in [0.5, 0.6) is 11.5 Å². The number of aromatic hydroxyl groups is 1. The molecule has 1 aromatic carbocycles. The molecular formula is C40H60O7. The van der Waals surface area contributed by atoms with Crippen molar-refractivity contribution in [3.63, 3.8) is 0 Å². The molecule has 1 aromatic rings. The van der Waals surface area contributed by atoms with Crippen LogP contribution in [0.2, 0.25) is 0 Å². The van der Waals surface area contributed by atoms with Gasteiger partial charge in [0.15, 0.2) is 17.6 Å². The van der Waals surface area contributed by atoms with Gasteiger partial charge in [-0.25, -0.2) is 0 Å². The Hall–Kier alpha value is -1.80. The van der Waals surface area contributed by atoms with Gasteiger partial charge in [0.2, 0.25) is 0 Å². The van der Waals surface area contributed by atoms with Crippen LogP contribution < -0.4 is 4.74 Å². The number of phenolic OH excluding ortho intramolecular Hbond substituents is 1. The number of aliphatic hydroxyl groups excluding tert-OH is 3. The second-order valence-electron chi connectivity index (χ2n) is 18.3. The number of aliphatic hydroxyl groups is 3. The van der Waals surface area contributed by atoms with E-state index in [1.807, 2.05) is 6.07 Å². The summed E-state index contributed by atoms with van der Waals surface area (Å²) in [5.41, 5.74) is 0.703. The second kappa shape index (κ2) is 10.8. The van der Waals surface area contributed by atoms with E-state index in [-0.39, 0.29) is 64.0 Å². The van der Waals surface area contributed by atoms with E-state index in [4.69, 9.17) is 14.2 Å². The lowest BCUT2D eigenvalue weighted by Crippen LogP contribution is -2.72. The molecule has 0 aromatic heterocycles. The second-order valence-corrected chi connectivity index (χ2v) is 18.3. The third-order valence-electron chi connectivity index (χ3n) is 16.0. The number of ether oxygens (including phenoxy) is 3. The molecule has 0 spiro atoms. The van der Waals surface area contributed by atoms with Gasteiger partial charge >= 0.3 is 0 Å². The average Bonchev–Trinajstić information content (AvgIpc) is 3.02. The molecule has 7 rings (SSSR count). The Morgan fingerprint density at radius 1 is 0.915 bits per heavy atom. The first-order chi connectivity index (χ1) is 22.0. The van der Waals surface area contributed by atoms with Gasteiger partial charge in [0.25, 0.3) is 0 Å². The lowest BCUT2D eigenvalue weighted by Gasteiger charge is -2.74. The van der Waals surface area contributed by atoms with E-state index in [1.54, 1.807) is 12.1 Å². The van der Waals surface area contributed by atoms with E-state index in [9.17, 15) is 20.4 Å². The molecule has 5 aliphatic carbocycles. The number of rotatable bonds is 3. The Morgan fingerprint density at radius 3 is 2.32 bits per heavy atom. The molecule has 1 aliphatic heterocycles. The number of phenols is 1. The highest BCUT2D eigenvalue weighted by Crippen LogP contribution is 2.77. The SMILES string of the molecule is COc1cc(C2OC3=C4C5C(C)C(C)CCC5(C)CC(O)C4(C)C4(C)CCC5C(C)(C)C(O)CCC5(C)C4C3OC2CO)ccc1O. The van der Waals surface area contributed by atoms with Crippen molar-refractivity contribution in [3.05, 3.63) is 35.1 Å². The third-order valence-corrected chi connectivity index (χ3v) is 16.0. The van der Waals surface area contributed by atoms with Crippen molar-refractivity contribution >= 4 is 0 Å². The van der Waals surface area contributed by atoms with Crippen LogP contribution in [0.15, 0.2) is 29.5 Å². The van der Waals surface area contributed by atoms with Gasteiger partial charge in [-0.05, 0) is 114 Å². The van der Waals surface area contributed by atoms with Crippen LogP contribution in [0.1, 0.15) is 112 Å². The van der Waals surface area contributed by atoms with Crippen molar-refractivity contribution in [3.8, 4) is 11.5 Å². The minimum Gasteiger partial charge on any atom is -0.504 e. The molecule has 1 heterocycles. The van der Waals surface area contributed by atoms with Crippen molar-refractivity contribution in [2.75, 3.05) is 13.7 Å². The minimum atomic E-state index is -0.624. The molecule has 7 heteroatoms. The number of hydrogen-bond acceptors (Lipinski definition) is 7. The molecule has 14 atom stereocenters. The van der Waals surface area contributed by atoms with Gasteiger partial charge in [0.05, 0.1) is 25.9 Å². The smallest absolute Gasteiger partial charge is 0.160 e. The third kappa shape index (κ3) is 4.31. The highest BCUT2D eigenvalue weighted by molar-refractivity contribution is 5.45. The molecular weight excluding hydrogens is 592 g/mol. The highest BCUT2D eigenvalue weighted by Gasteiger charge is 2.75. The summed E-state index contributed by atoms with van der Waals surface area (Å²) >= 11 is 0. The molecule has 4 saturated carbocycles. The summed E-state index contributed by atoms with van der Waals surface area (Å²) in [6, 6.07) is 5.24. The molecule has 14 unspecified atom stereocenters. The Kier molecular flexibility index (Phi) is 7.78. The van der Waals surface area contributed by atoms with Crippen LogP contribution >= 0.6 is 0 Å². The Balaban J connectivity index is 1.49. The number of benzene rings is 1. The first-order valence-corrected chi connectivity index (χ1v) is 18.4. The van der Waals surface area contributed by atoms with Crippen molar-refractivity contribution < 1.29 is 34.6 Å². The van der Waals surface area contributed by atoms with Crippen LogP contribution in [-0.2, 0) is 9.47 Å². The van der Waals surface area contributed by atoms with E-state index in [0.717, 1.165) is 56.3 Å². The van der Waals surface area contributed by atoms with Gasteiger partial charge in [0, 0.05) is 11.3 Å². The van der Waals surface area contributed by atoms with Crippen LogP contribution in [0.25, 0.3) is 0 Å². The number of methoxy groups -OCH3 is 1. The minimum absolute atomic E-state index is 0.0176. The summed E-state index contributed by atoms with van der Waals surface area (Å²) in [6.45, 7) is 18.7. The Labute approximate surface area is 282 Å². The van der Waals surface area contributed by atoms with Gasteiger partial charge < -0.3 is 34.6 Å². The maximum atomic E-state index is 12.7. The summed E-state index contributed by atoms with van der Waals surface area (Å²) in [5.74, 6) is 2.75. The van der Waals surface area contributed by atoms with Crippen molar-refractivity contribution in [2.24, 2.45) is 56.7 Å². The van der Waals surface area contributed by atoms with E-state index < -0.39 is 23.7 Å². The molecule has 262 valence electrons. The van der Waals surface area contributed by atoms with Crippen LogP contribution in [-0.4, -0.2) is 58.6 Å². The molecule has 1 saturated heterocycles. The molecule has 47 heavy (non-hydrogen) atoms.